The van der Waals surface area contributed by atoms with Gasteiger partial charge in [-0.25, -0.2) is 0 Å². The molecule has 0 unspecified atom stereocenters. The Bertz CT molecular complexity index is 337. The average Bonchev–Trinajstić information content (AvgIpc) is 2.16. The van der Waals surface area contributed by atoms with E-state index in [-0.39, 0.29) is 5.91 Å². The van der Waals surface area contributed by atoms with Gasteiger partial charge in [0.2, 0.25) is 0 Å². The van der Waals surface area contributed by atoms with E-state index in [0.717, 1.165) is 11.0 Å². The quantitative estimate of drug-likeness (QED) is 0.834. The smallest absolute Gasteiger partial charge is 0.251 e. The van der Waals surface area contributed by atoms with Gasteiger partial charge in [-0.1, -0.05) is 27.5 Å². The number of carbonyl (C=O) groups excluding carboxylic acids is 1. The number of hydrogen-bond acceptors (Lipinski definition) is 2. The van der Waals surface area contributed by atoms with Crippen LogP contribution in [0.2, 0.25) is 5.02 Å². The summed E-state index contributed by atoms with van der Waals surface area (Å²) in [5.74, 6) is -0.117. The SMILES string of the molecule is CNCCNC(=O)c1cc(Cl)cc(Br)c1. The first kappa shape index (κ1) is 12.5. The molecule has 2 N–H and O–H groups in total. The maximum absolute atomic E-state index is 11.6. The van der Waals surface area contributed by atoms with Gasteiger partial charge in [0.1, 0.15) is 0 Å². The molecule has 0 radical (unpaired) electrons. The van der Waals surface area contributed by atoms with Gasteiger partial charge in [0.05, 0.1) is 0 Å². The lowest BCUT2D eigenvalue weighted by Crippen LogP contribution is -2.30. The topological polar surface area (TPSA) is 41.1 Å². The molecule has 0 atom stereocenters. The molecule has 0 aliphatic heterocycles. The summed E-state index contributed by atoms with van der Waals surface area (Å²) < 4.78 is 0.800. The van der Waals surface area contributed by atoms with Crippen molar-refractivity contribution in [2.24, 2.45) is 0 Å². The maximum Gasteiger partial charge on any atom is 0.251 e. The van der Waals surface area contributed by atoms with Gasteiger partial charge in [0.15, 0.2) is 0 Å². The monoisotopic (exact) mass is 290 g/mol. The molecular weight excluding hydrogens is 279 g/mol. The van der Waals surface area contributed by atoms with Crippen LogP contribution in [-0.4, -0.2) is 26.0 Å². The van der Waals surface area contributed by atoms with E-state index in [9.17, 15) is 4.79 Å². The van der Waals surface area contributed by atoms with E-state index in [1.54, 1.807) is 18.2 Å². The lowest BCUT2D eigenvalue weighted by Gasteiger charge is -2.05. The van der Waals surface area contributed by atoms with Crippen molar-refractivity contribution in [2.45, 2.75) is 0 Å². The number of nitrogens with one attached hydrogen (secondary N) is 2. The van der Waals surface area contributed by atoms with Crippen LogP contribution in [0.25, 0.3) is 0 Å². The van der Waals surface area contributed by atoms with Gasteiger partial charge in [0, 0.05) is 28.1 Å². The van der Waals surface area contributed by atoms with Crippen molar-refractivity contribution in [3.05, 3.63) is 33.3 Å². The third-order valence-corrected chi connectivity index (χ3v) is 2.46. The minimum Gasteiger partial charge on any atom is -0.351 e. The number of hydrogen-bond donors (Lipinski definition) is 2. The van der Waals surface area contributed by atoms with Crippen LogP contribution in [-0.2, 0) is 0 Å². The van der Waals surface area contributed by atoms with Crippen LogP contribution in [0, 0.1) is 0 Å². The average molecular weight is 292 g/mol. The number of amides is 1. The zero-order valence-corrected chi connectivity index (χ0v) is 10.7. The van der Waals surface area contributed by atoms with Crippen LogP contribution >= 0.6 is 27.5 Å². The first-order valence-electron chi connectivity index (χ1n) is 4.52. The molecular formula is C10H12BrClN2O. The number of benzene rings is 1. The van der Waals surface area contributed by atoms with Crippen LogP contribution in [0.3, 0.4) is 0 Å². The fourth-order valence-corrected chi connectivity index (χ4v) is 1.95. The van der Waals surface area contributed by atoms with Crippen LogP contribution in [0.4, 0.5) is 0 Å². The minimum atomic E-state index is -0.117. The van der Waals surface area contributed by atoms with E-state index >= 15 is 0 Å². The van der Waals surface area contributed by atoms with Crippen molar-refractivity contribution in [1.29, 1.82) is 0 Å². The summed E-state index contributed by atoms with van der Waals surface area (Å²) in [5.41, 5.74) is 0.561. The zero-order chi connectivity index (χ0) is 11.3. The van der Waals surface area contributed by atoms with Gasteiger partial charge in [-0.2, -0.15) is 0 Å². The summed E-state index contributed by atoms with van der Waals surface area (Å²) in [6.07, 6.45) is 0. The molecule has 0 bridgehead atoms. The van der Waals surface area contributed by atoms with E-state index < -0.39 is 0 Å². The van der Waals surface area contributed by atoms with Crippen molar-refractivity contribution in [3.8, 4) is 0 Å². The van der Waals surface area contributed by atoms with Gasteiger partial charge in [-0.15, -0.1) is 0 Å². The van der Waals surface area contributed by atoms with E-state index in [1.807, 2.05) is 7.05 Å². The normalized spacial score (nSPS) is 10.1. The summed E-state index contributed by atoms with van der Waals surface area (Å²) >= 11 is 9.12. The van der Waals surface area contributed by atoms with Gasteiger partial charge in [-0.3, -0.25) is 4.79 Å². The zero-order valence-electron chi connectivity index (χ0n) is 8.31. The highest BCUT2D eigenvalue weighted by atomic mass is 79.9. The van der Waals surface area contributed by atoms with Crippen molar-refractivity contribution >= 4 is 33.4 Å². The highest BCUT2D eigenvalue weighted by molar-refractivity contribution is 9.10. The highest BCUT2D eigenvalue weighted by Gasteiger charge is 2.06. The summed E-state index contributed by atoms with van der Waals surface area (Å²) in [5, 5.41) is 6.27. The predicted molar refractivity (Wildman–Crippen MR) is 65.4 cm³/mol. The van der Waals surface area contributed by atoms with Crippen molar-refractivity contribution < 1.29 is 4.79 Å². The Morgan fingerprint density at radius 1 is 1.40 bits per heavy atom. The number of likely N-dealkylation sites (N-methyl/N-ethyl adjacent to an activating group) is 1. The third-order valence-electron chi connectivity index (χ3n) is 1.79. The molecule has 0 saturated carbocycles. The summed E-state index contributed by atoms with van der Waals surface area (Å²) in [6.45, 7) is 1.34. The fraction of sp³-hybridized carbons (Fsp3) is 0.300. The van der Waals surface area contributed by atoms with Gasteiger partial charge >= 0.3 is 0 Å². The van der Waals surface area contributed by atoms with Crippen LogP contribution in [0.15, 0.2) is 22.7 Å². The second-order valence-corrected chi connectivity index (χ2v) is 4.37. The van der Waals surface area contributed by atoms with E-state index in [1.165, 1.54) is 0 Å². The lowest BCUT2D eigenvalue weighted by molar-refractivity contribution is 0.0954. The molecule has 5 heteroatoms. The molecule has 1 rings (SSSR count). The molecule has 0 fully saturated rings. The molecule has 0 spiro atoms. The number of rotatable bonds is 4. The molecule has 82 valence electrons. The Morgan fingerprint density at radius 3 is 2.73 bits per heavy atom. The largest absolute Gasteiger partial charge is 0.351 e. The maximum atomic E-state index is 11.6. The number of halogens is 2. The molecule has 0 heterocycles. The summed E-state index contributed by atoms with van der Waals surface area (Å²) in [6, 6.07) is 5.12. The van der Waals surface area contributed by atoms with Crippen molar-refractivity contribution in [1.82, 2.24) is 10.6 Å². The molecule has 1 amide bonds. The van der Waals surface area contributed by atoms with Gasteiger partial charge < -0.3 is 10.6 Å². The lowest BCUT2D eigenvalue weighted by atomic mass is 10.2. The second-order valence-electron chi connectivity index (χ2n) is 3.02. The van der Waals surface area contributed by atoms with Crippen LogP contribution in [0.5, 0.6) is 0 Å². The minimum absolute atomic E-state index is 0.117. The number of carbonyl (C=O) groups is 1. The van der Waals surface area contributed by atoms with Crippen LogP contribution < -0.4 is 10.6 Å². The molecule has 1 aromatic carbocycles. The van der Waals surface area contributed by atoms with E-state index in [0.29, 0.717) is 17.1 Å². The molecule has 0 aliphatic rings. The third kappa shape index (κ3) is 4.20. The predicted octanol–water partition coefficient (Wildman–Crippen LogP) is 2.05. The highest BCUT2D eigenvalue weighted by Crippen LogP contribution is 2.19. The van der Waals surface area contributed by atoms with Crippen molar-refractivity contribution in [3.63, 3.8) is 0 Å². The Balaban J connectivity index is 2.65. The Labute approximate surface area is 102 Å². The van der Waals surface area contributed by atoms with Crippen molar-refractivity contribution in [2.75, 3.05) is 20.1 Å². The van der Waals surface area contributed by atoms with E-state index in [2.05, 4.69) is 26.6 Å². The summed E-state index contributed by atoms with van der Waals surface area (Å²) in [4.78, 5) is 11.6. The summed E-state index contributed by atoms with van der Waals surface area (Å²) in [7, 11) is 1.84. The Kier molecular flexibility index (Phi) is 5.08. The Hall–Kier alpha value is -0.580. The first-order valence-corrected chi connectivity index (χ1v) is 5.69. The second kappa shape index (κ2) is 6.10. The molecule has 1 aromatic rings. The molecule has 15 heavy (non-hydrogen) atoms. The molecule has 0 aromatic heterocycles. The molecule has 3 nitrogen and oxygen atoms in total. The van der Waals surface area contributed by atoms with E-state index in [4.69, 9.17) is 11.6 Å². The van der Waals surface area contributed by atoms with Gasteiger partial charge in [0.25, 0.3) is 5.91 Å². The standard InChI is InChI=1S/C10H12BrClN2O/c1-13-2-3-14-10(15)7-4-8(11)6-9(12)5-7/h4-6,13H,2-3H2,1H3,(H,14,15). The Morgan fingerprint density at radius 2 is 2.13 bits per heavy atom. The molecule has 0 aliphatic carbocycles. The first-order chi connectivity index (χ1) is 7.13. The molecule has 0 saturated heterocycles. The fourth-order valence-electron chi connectivity index (χ4n) is 1.09. The van der Waals surface area contributed by atoms with Crippen LogP contribution in [0.1, 0.15) is 10.4 Å². The van der Waals surface area contributed by atoms with Gasteiger partial charge in [-0.05, 0) is 25.2 Å².